The lowest BCUT2D eigenvalue weighted by Crippen LogP contribution is -2.01. The zero-order valence-electron chi connectivity index (χ0n) is 14.0. The maximum Gasteiger partial charge on any atom is 0.331 e. The molecule has 2 aromatic carbocycles. The number of benzene rings is 2. The highest BCUT2D eigenvalue weighted by atomic mass is 35.5. The fourth-order valence-electron chi connectivity index (χ4n) is 2.54. The highest BCUT2D eigenvalue weighted by Crippen LogP contribution is 2.25. The molecular formula is C21H23ClO2. The smallest absolute Gasteiger partial charge is 0.331 e. The summed E-state index contributed by atoms with van der Waals surface area (Å²) in [5.41, 5.74) is 4.40. The Morgan fingerprint density at radius 3 is 2.29 bits per heavy atom. The van der Waals surface area contributed by atoms with Gasteiger partial charge in [0.25, 0.3) is 0 Å². The second-order valence-electron chi connectivity index (χ2n) is 5.51. The molecule has 0 unspecified atom stereocenters. The van der Waals surface area contributed by atoms with Crippen molar-refractivity contribution in [3.63, 3.8) is 0 Å². The van der Waals surface area contributed by atoms with E-state index in [9.17, 15) is 4.79 Å². The van der Waals surface area contributed by atoms with Crippen LogP contribution in [0.4, 0.5) is 0 Å². The van der Waals surface area contributed by atoms with E-state index >= 15 is 0 Å². The first-order valence-corrected chi connectivity index (χ1v) is 8.87. The average Bonchev–Trinajstić information content (AvgIpc) is 2.62. The van der Waals surface area contributed by atoms with E-state index in [0.717, 1.165) is 36.0 Å². The van der Waals surface area contributed by atoms with Crippen LogP contribution in [0.5, 0.6) is 0 Å². The van der Waals surface area contributed by atoms with Gasteiger partial charge in [0.2, 0.25) is 0 Å². The third-order valence-corrected chi connectivity index (χ3v) is 4.04. The maximum atomic E-state index is 11.8. The first kappa shape index (κ1) is 18.3. The van der Waals surface area contributed by atoms with Gasteiger partial charge in [-0.15, -0.1) is 11.6 Å². The van der Waals surface area contributed by atoms with E-state index < -0.39 is 0 Å². The highest BCUT2D eigenvalue weighted by molar-refractivity contribution is 6.17. The van der Waals surface area contributed by atoms with Gasteiger partial charge in [0, 0.05) is 12.0 Å². The van der Waals surface area contributed by atoms with Gasteiger partial charge in [0.15, 0.2) is 0 Å². The van der Waals surface area contributed by atoms with Crippen molar-refractivity contribution in [2.24, 2.45) is 0 Å². The van der Waals surface area contributed by atoms with Crippen molar-refractivity contribution in [1.82, 2.24) is 0 Å². The van der Waals surface area contributed by atoms with E-state index in [1.54, 1.807) is 6.08 Å². The molecule has 0 atom stereocenters. The maximum absolute atomic E-state index is 11.8. The lowest BCUT2D eigenvalue weighted by molar-refractivity contribution is -0.137. The van der Waals surface area contributed by atoms with E-state index in [4.69, 9.17) is 16.3 Å². The number of rotatable bonds is 8. The number of carbonyl (C=O) groups excluding carboxylic acids is 1. The van der Waals surface area contributed by atoms with Crippen LogP contribution < -0.4 is 0 Å². The summed E-state index contributed by atoms with van der Waals surface area (Å²) in [5, 5.41) is 0. The molecule has 0 saturated carbocycles. The van der Waals surface area contributed by atoms with E-state index in [-0.39, 0.29) is 5.97 Å². The van der Waals surface area contributed by atoms with Crippen LogP contribution in [-0.2, 0) is 9.53 Å². The molecule has 0 aliphatic heterocycles. The third kappa shape index (κ3) is 5.54. The Labute approximate surface area is 149 Å². The lowest BCUT2D eigenvalue weighted by atomic mass is 9.97. The SMILES string of the molecule is CCOC(=O)/C=C(/CCCCCl)c1ccc(-c2ccccc2)cc1. The molecule has 2 nitrogen and oxygen atoms in total. The zero-order chi connectivity index (χ0) is 17.2. The van der Waals surface area contributed by atoms with Gasteiger partial charge in [0.1, 0.15) is 0 Å². The molecular weight excluding hydrogens is 320 g/mol. The van der Waals surface area contributed by atoms with Crippen molar-refractivity contribution in [2.45, 2.75) is 26.2 Å². The van der Waals surface area contributed by atoms with Crippen molar-refractivity contribution >= 4 is 23.1 Å². The second kappa shape index (κ2) is 9.94. The summed E-state index contributed by atoms with van der Waals surface area (Å²) in [6.07, 6.45) is 4.31. The van der Waals surface area contributed by atoms with Crippen molar-refractivity contribution in [1.29, 1.82) is 0 Å². The summed E-state index contributed by atoms with van der Waals surface area (Å²) in [4.78, 5) is 11.8. The van der Waals surface area contributed by atoms with Crippen molar-refractivity contribution in [3.8, 4) is 11.1 Å². The fourth-order valence-corrected chi connectivity index (χ4v) is 2.73. The van der Waals surface area contributed by atoms with Crippen LogP contribution in [0.25, 0.3) is 16.7 Å². The molecule has 2 rings (SSSR count). The molecule has 0 aromatic heterocycles. The minimum atomic E-state index is -0.287. The molecule has 0 bridgehead atoms. The summed E-state index contributed by atoms with van der Waals surface area (Å²) in [7, 11) is 0. The van der Waals surface area contributed by atoms with Crippen molar-refractivity contribution < 1.29 is 9.53 Å². The summed E-state index contributed by atoms with van der Waals surface area (Å²) >= 11 is 5.76. The first-order valence-electron chi connectivity index (χ1n) is 8.33. The zero-order valence-corrected chi connectivity index (χ0v) is 14.8. The van der Waals surface area contributed by atoms with E-state index in [1.807, 2.05) is 25.1 Å². The summed E-state index contributed by atoms with van der Waals surface area (Å²) in [5.74, 6) is 0.352. The van der Waals surface area contributed by atoms with Crippen LogP contribution in [0.1, 0.15) is 31.7 Å². The molecule has 2 aromatic rings. The quantitative estimate of drug-likeness (QED) is 0.266. The van der Waals surface area contributed by atoms with Crippen molar-refractivity contribution in [2.75, 3.05) is 12.5 Å². The molecule has 0 N–H and O–H groups in total. The Bertz CT molecular complexity index is 660. The molecule has 0 fully saturated rings. The second-order valence-corrected chi connectivity index (χ2v) is 5.89. The van der Waals surface area contributed by atoms with E-state index in [0.29, 0.717) is 12.5 Å². The first-order chi connectivity index (χ1) is 11.7. The number of carbonyl (C=O) groups is 1. The van der Waals surface area contributed by atoms with Gasteiger partial charge in [-0.3, -0.25) is 0 Å². The number of ether oxygens (including phenoxy) is 1. The van der Waals surface area contributed by atoms with Gasteiger partial charge in [-0.05, 0) is 48.4 Å². The molecule has 0 saturated heterocycles. The van der Waals surface area contributed by atoms with Crippen LogP contribution in [-0.4, -0.2) is 18.5 Å². The number of hydrogen-bond donors (Lipinski definition) is 0. The van der Waals surface area contributed by atoms with Gasteiger partial charge in [-0.1, -0.05) is 54.6 Å². The number of alkyl halides is 1. The molecule has 126 valence electrons. The summed E-state index contributed by atoms with van der Waals surface area (Å²) in [6, 6.07) is 18.5. The predicted octanol–water partition coefficient (Wildman–Crippen LogP) is 5.71. The van der Waals surface area contributed by atoms with Gasteiger partial charge in [-0.2, -0.15) is 0 Å². The fraction of sp³-hybridized carbons (Fsp3) is 0.286. The standard InChI is InChI=1S/C21H23ClO2/c1-2-24-21(23)16-20(10-6-7-15-22)19-13-11-18(12-14-19)17-8-4-3-5-9-17/h3-5,8-9,11-14,16H,2,6-7,10,15H2,1H3/b20-16-. The highest BCUT2D eigenvalue weighted by Gasteiger charge is 2.07. The molecule has 0 spiro atoms. The third-order valence-electron chi connectivity index (χ3n) is 3.77. The number of hydrogen-bond acceptors (Lipinski definition) is 2. The van der Waals surface area contributed by atoms with Gasteiger partial charge in [0.05, 0.1) is 6.61 Å². The lowest BCUT2D eigenvalue weighted by Gasteiger charge is -2.09. The molecule has 3 heteroatoms. The average molecular weight is 343 g/mol. The van der Waals surface area contributed by atoms with Crippen LogP contribution in [0.3, 0.4) is 0 Å². The molecule has 0 aliphatic carbocycles. The Kier molecular flexibility index (Phi) is 7.57. The molecule has 0 heterocycles. The monoisotopic (exact) mass is 342 g/mol. The minimum Gasteiger partial charge on any atom is -0.463 e. The number of esters is 1. The van der Waals surface area contributed by atoms with Gasteiger partial charge in [-0.25, -0.2) is 4.79 Å². The minimum absolute atomic E-state index is 0.287. The van der Waals surface area contributed by atoms with Crippen molar-refractivity contribution in [3.05, 3.63) is 66.2 Å². The topological polar surface area (TPSA) is 26.3 Å². The van der Waals surface area contributed by atoms with Crippen LogP contribution >= 0.6 is 11.6 Å². The Hall–Kier alpha value is -2.06. The molecule has 24 heavy (non-hydrogen) atoms. The Morgan fingerprint density at radius 1 is 1.00 bits per heavy atom. The van der Waals surface area contributed by atoms with Gasteiger partial charge < -0.3 is 4.74 Å². The number of unbranched alkanes of at least 4 members (excludes halogenated alkanes) is 1. The number of allylic oxidation sites excluding steroid dienone is 1. The molecule has 0 amide bonds. The van der Waals surface area contributed by atoms with Crippen LogP contribution in [0, 0.1) is 0 Å². The molecule has 0 radical (unpaired) electrons. The Morgan fingerprint density at radius 2 is 1.67 bits per heavy atom. The Balaban J connectivity index is 2.20. The molecule has 0 aliphatic rings. The van der Waals surface area contributed by atoms with Crippen LogP contribution in [0.2, 0.25) is 0 Å². The number of halogens is 1. The largest absolute Gasteiger partial charge is 0.463 e. The summed E-state index contributed by atoms with van der Waals surface area (Å²) in [6.45, 7) is 2.20. The predicted molar refractivity (Wildman–Crippen MR) is 101 cm³/mol. The van der Waals surface area contributed by atoms with E-state index in [2.05, 4.69) is 36.4 Å². The normalized spacial score (nSPS) is 11.3. The van der Waals surface area contributed by atoms with E-state index in [1.165, 1.54) is 5.56 Å². The summed E-state index contributed by atoms with van der Waals surface area (Å²) < 4.78 is 5.05. The van der Waals surface area contributed by atoms with Crippen LogP contribution in [0.15, 0.2) is 60.7 Å². The van der Waals surface area contributed by atoms with Gasteiger partial charge >= 0.3 is 5.97 Å².